The number of carbonyl (C=O) groups excluding carboxylic acids is 2. The van der Waals surface area contributed by atoms with Crippen LogP contribution in [0.1, 0.15) is 42.6 Å². The highest BCUT2D eigenvalue weighted by Crippen LogP contribution is 2.42. The van der Waals surface area contributed by atoms with Crippen molar-refractivity contribution in [1.82, 2.24) is 10.2 Å². The SMILES string of the molecule is C[C@@H]1C[C@H](C)CN(CCCNC(=O)c2ccc3c(c2)N(C)C(=O)/C(=C/c2cccc(Cl)c2)S3)C1. The van der Waals surface area contributed by atoms with Crippen LogP contribution in [0.2, 0.25) is 5.02 Å². The molecule has 0 aromatic heterocycles. The molecule has 34 heavy (non-hydrogen) atoms. The lowest BCUT2D eigenvalue weighted by Crippen LogP contribution is -2.40. The number of amides is 2. The largest absolute Gasteiger partial charge is 0.352 e. The van der Waals surface area contributed by atoms with Crippen LogP contribution < -0.4 is 10.2 Å². The first-order valence-electron chi connectivity index (χ1n) is 11.9. The molecule has 5 nitrogen and oxygen atoms in total. The van der Waals surface area contributed by atoms with Crippen LogP contribution in [-0.4, -0.2) is 49.9 Å². The number of halogens is 1. The molecule has 0 unspecified atom stereocenters. The summed E-state index contributed by atoms with van der Waals surface area (Å²) in [6.07, 6.45) is 4.09. The summed E-state index contributed by atoms with van der Waals surface area (Å²) >= 11 is 7.50. The fraction of sp³-hybridized carbons (Fsp3) is 0.407. The van der Waals surface area contributed by atoms with Crippen LogP contribution in [0.25, 0.3) is 6.08 Å². The predicted molar refractivity (Wildman–Crippen MR) is 141 cm³/mol. The van der Waals surface area contributed by atoms with E-state index in [0.717, 1.165) is 54.0 Å². The molecule has 2 aromatic rings. The van der Waals surface area contributed by atoms with Crippen LogP contribution in [0.4, 0.5) is 5.69 Å². The first-order valence-corrected chi connectivity index (χ1v) is 13.1. The monoisotopic (exact) mass is 497 g/mol. The summed E-state index contributed by atoms with van der Waals surface area (Å²) in [5.74, 6) is 1.29. The van der Waals surface area contributed by atoms with Gasteiger partial charge in [0, 0.05) is 42.2 Å². The number of likely N-dealkylation sites (N-methyl/N-ethyl adjacent to an activating group) is 1. The van der Waals surface area contributed by atoms with E-state index < -0.39 is 0 Å². The number of hydrogen-bond acceptors (Lipinski definition) is 4. The number of nitrogens with one attached hydrogen (secondary N) is 1. The Labute approximate surface area is 211 Å². The topological polar surface area (TPSA) is 52.7 Å². The summed E-state index contributed by atoms with van der Waals surface area (Å²) in [5.41, 5.74) is 2.20. The molecule has 0 spiro atoms. The first-order chi connectivity index (χ1) is 16.3. The third-order valence-corrected chi connectivity index (χ3v) is 7.66. The number of benzene rings is 2. The number of fused-ring (bicyclic) bond motifs is 1. The van der Waals surface area contributed by atoms with Gasteiger partial charge < -0.3 is 15.1 Å². The molecule has 7 heteroatoms. The summed E-state index contributed by atoms with van der Waals surface area (Å²) in [5, 5.41) is 3.67. The zero-order valence-electron chi connectivity index (χ0n) is 20.0. The molecular formula is C27H32ClN3O2S. The Morgan fingerprint density at radius 2 is 1.94 bits per heavy atom. The summed E-state index contributed by atoms with van der Waals surface area (Å²) in [6.45, 7) is 8.58. The van der Waals surface area contributed by atoms with Gasteiger partial charge in [0.2, 0.25) is 0 Å². The van der Waals surface area contributed by atoms with Gasteiger partial charge in [-0.25, -0.2) is 0 Å². The molecule has 2 amide bonds. The summed E-state index contributed by atoms with van der Waals surface area (Å²) in [7, 11) is 1.75. The van der Waals surface area contributed by atoms with E-state index in [4.69, 9.17) is 11.6 Å². The Morgan fingerprint density at radius 1 is 1.18 bits per heavy atom. The number of carbonyl (C=O) groups is 2. The van der Waals surface area contributed by atoms with E-state index in [9.17, 15) is 9.59 Å². The molecule has 2 aromatic carbocycles. The van der Waals surface area contributed by atoms with Crippen molar-refractivity contribution in [2.24, 2.45) is 11.8 Å². The zero-order valence-corrected chi connectivity index (χ0v) is 21.6. The minimum Gasteiger partial charge on any atom is -0.352 e. The van der Waals surface area contributed by atoms with Gasteiger partial charge in [0.1, 0.15) is 0 Å². The molecule has 1 saturated heterocycles. The van der Waals surface area contributed by atoms with Crippen molar-refractivity contribution >= 4 is 46.9 Å². The maximum Gasteiger partial charge on any atom is 0.264 e. The maximum absolute atomic E-state index is 13.0. The van der Waals surface area contributed by atoms with Crippen molar-refractivity contribution in [3.05, 3.63) is 63.5 Å². The number of thioether (sulfide) groups is 1. The van der Waals surface area contributed by atoms with Crippen LogP contribution in [0.3, 0.4) is 0 Å². The second kappa shape index (κ2) is 11.0. The highest BCUT2D eigenvalue weighted by Gasteiger charge is 2.27. The molecule has 0 bridgehead atoms. The zero-order chi connectivity index (χ0) is 24.2. The van der Waals surface area contributed by atoms with Gasteiger partial charge in [-0.2, -0.15) is 0 Å². The average Bonchev–Trinajstić information content (AvgIpc) is 2.79. The van der Waals surface area contributed by atoms with E-state index in [1.165, 1.54) is 18.2 Å². The Kier molecular flexibility index (Phi) is 8.02. The molecule has 2 aliphatic heterocycles. The normalized spacial score (nSPS) is 22.1. The lowest BCUT2D eigenvalue weighted by Gasteiger charge is -2.34. The van der Waals surface area contributed by atoms with Gasteiger partial charge in [-0.3, -0.25) is 9.59 Å². The second-order valence-corrected chi connectivity index (χ2v) is 11.0. The van der Waals surface area contributed by atoms with Gasteiger partial charge in [0.05, 0.1) is 10.6 Å². The Balaban J connectivity index is 1.37. The smallest absolute Gasteiger partial charge is 0.264 e. The highest BCUT2D eigenvalue weighted by molar-refractivity contribution is 8.04. The van der Waals surface area contributed by atoms with Crippen LogP contribution in [0.5, 0.6) is 0 Å². The lowest BCUT2D eigenvalue weighted by atomic mass is 9.92. The second-order valence-electron chi connectivity index (χ2n) is 9.53. The van der Waals surface area contributed by atoms with Gasteiger partial charge in [-0.05, 0) is 73.2 Å². The number of nitrogens with zero attached hydrogens (tertiary/aromatic N) is 2. The summed E-state index contributed by atoms with van der Waals surface area (Å²) in [6, 6.07) is 13.0. The number of piperidine rings is 1. The Hall–Kier alpha value is -2.28. The lowest BCUT2D eigenvalue weighted by molar-refractivity contribution is -0.114. The van der Waals surface area contributed by atoms with Crippen molar-refractivity contribution in [2.45, 2.75) is 31.6 Å². The van der Waals surface area contributed by atoms with E-state index in [1.807, 2.05) is 42.5 Å². The minimum atomic E-state index is -0.103. The van der Waals surface area contributed by atoms with Gasteiger partial charge in [-0.15, -0.1) is 0 Å². The average molecular weight is 498 g/mol. The van der Waals surface area contributed by atoms with Gasteiger partial charge >= 0.3 is 0 Å². The quantitative estimate of drug-likeness (QED) is 0.420. The summed E-state index contributed by atoms with van der Waals surface area (Å²) < 4.78 is 0. The van der Waals surface area contributed by atoms with Crippen molar-refractivity contribution in [2.75, 3.05) is 38.1 Å². The van der Waals surface area contributed by atoms with Crippen LogP contribution in [0.15, 0.2) is 52.3 Å². The molecule has 2 aliphatic rings. The van der Waals surface area contributed by atoms with Crippen molar-refractivity contribution in [1.29, 1.82) is 0 Å². The minimum absolute atomic E-state index is 0.0972. The molecule has 180 valence electrons. The van der Waals surface area contributed by atoms with E-state index in [0.29, 0.717) is 22.0 Å². The van der Waals surface area contributed by atoms with Crippen LogP contribution in [-0.2, 0) is 4.79 Å². The molecule has 0 saturated carbocycles. The molecule has 4 rings (SSSR count). The first kappa shape index (κ1) is 24.8. The summed E-state index contributed by atoms with van der Waals surface area (Å²) in [4.78, 5) is 31.4. The van der Waals surface area contributed by atoms with Crippen LogP contribution in [0, 0.1) is 11.8 Å². The van der Waals surface area contributed by atoms with Crippen molar-refractivity contribution in [3.63, 3.8) is 0 Å². The highest BCUT2D eigenvalue weighted by atomic mass is 35.5. The van der Waals surface area contributed by atoms with E-state index in [2.05, 4.69) is 24.1 Å². The standard InChI is InChI=1S/C27H32ClN3O2S/c1-18-12-19(2)17-31(16-18)11-5-10-29-26(32)21-8-9-24-23(15-21)30(3)27(33)25(34-24)14-20-6-4-7-22(28)13-20/h4,6-9,13-15,18-19H,5,10-12,16-17H2,1-3H3,(H,29,32)/b25-14-/t18-,19+. The van der Waals surface area contributed by atoms with Gasteiger partial charge in [0.25, 0.3) is 11.8 Å². The Bertz CT molecular complexity index is 1090. The number of rotatable bonds is 6. The molecule has 2 heterocycles. The number of hydrogen-bond donors (Lipinski definition) is 1. The maximum atomic E-state index is 13.0. The van der Waals surface area contributed by atoms with E-state index in [-0.39, 0.29) is 11.8 Å². The predicted octanol–water partition coefficient (Wildman–Crippen LogP) is 5.55. The van der Waals surface area contributed by atoms with Gasteiger partial charge in [0.15, 0.2) is 0 Å². The van der Waals surface area contributed by atoms with E-state index in [1.54, 1.807) is 18.0 Å². The van der Waals surface area contributed by atoms with Crippen molar-refractivity contribution < 1.29 is 9.59 Å². The molecule has 0 aliphatic carbocycles. The fourth-order valence-electron chi connectivity index (χ4n) is 4.86. The van der Waals surface area contributed by atoms with Crippen molar-refractivity contribution in [3.8, 4) is 0 Å². The molecule has 1 fully saturated rings. The number of likely N-dealkylation sites (tertiary alicyclic amines) is 1. The van der Waals surface area contributed by atoms with Crippen LogP contribution >= 0.6 is 23.4 Å². The fourth-order valence-corrected chi connectivity index (χ4v) is 6.16. The third kappa shape index (κ3) is 6.04. The molecule has 0 radical (unpaired) electrons. The van der Waals surface area contributed by atoms with E-state index >= 15 is 0 Å². The molecule has 2 atom stereocenters. The molecular weight excluding hydrogens is 466 g/mol. The molecule has 1 N–H and O–H groups in total. The number of anilines is 1. The Morgan fingerprint density at radius 3 is 2.68 bits per heavy atom. The third-order valence-electron chi connectivity index (χ3n) is 6.35. The van der Waals surface area contributed by atoms with Gasteiger partial charge in [-0.1, -0.05) is 49.3 Å².